The highest BCUT2D eigenvalue weighted by Crippen LogP contribution is 2.37. The van der Waals surface area contributed by atoms with E-state index < -0.39 is 57.9 Å². The molecule has 0 saturated carbocycles. The first-order chi connectivity index (χ1) is 19.4. The average molecular weight is 570 g/mol. The van der Waals surface area contributed by atoms with Crippen molar-refractivity contribution < 1.29 is 39.9 Å². The van der Waals surface area contributed by atoms with Crippen LogP contribution in [0, 0.1) is 41.8 Å². The highest BCUT2D eigenvalue weighted by atomic mass is 19.3. The number of rotatable bonds is 6. The first kappa shape index (κ1) is 27.9. The van der Waals surface area contributed by atoms with Crippen LogP contribution < -0.4 is 4.74 Å². The van der Waals surface area contributed by atoms with Crippen LogP contribution in [0.15, 0.2) is 91.0 Å². The summed E-state index contributed by atoms with van der Waals surface area (Å²) in [5.74, 6) is -7.13. The third-order valence-corrected chi connectivity index (χ3v) is 6.42. The molecule has 0 fully saturated rings. The van der Waals surface area contributed by atoms with E-state index in [-0.39, 0.29) is 27.8 Å². The number of benzene rings is 5. The number of hydrogen-bond acceptors (Lipinski definition) is 1. The summed E-state index contributed by atoms with van der Waals surface area (Å²) in [6.07, 6.45) is -3.77. The van der Waals surface area contributed by atoms with Gasteiger partial charge in [0.2, 0.25) is 0 Å². The molecule has 0 aliphatic carbocycles. The molecule has 1 nitrogen and oxygen atoms in total. The van der Waals surface area contributed by atoms with E-state index in [0.717, 1.165) is 60.2 Å². The fourth-order valence-electron chi connectivity index (χ4n) is 4.32. The van der Waals surface area contributed by atoms with Gasteiger partial charge in [0.15, 0.2) is 11.6 Å². The third kappa shape index (κ3) is 5.66. The first-order valence-electron chi connectivity index (χ1n) is 12.1. The lowest BCUT2D eigenvalue weighted by molar-refractivity contribution is -0.185. The monoisotopic (exact) mass is 570 g/mol. The predicted molar refractivity (Wildman–Crippen MR) is 138 cm³/mol. The number of aryl methyl sites for hydroxylation is 1. The molecule has 5 rings (SSSR count). The van der Waals surface area contributed by atoms with Gasteiger partial charge >= 0.3 is 6.11 Å². The SMILES string of the molecule is Cc1ccc(C(F)(F)Oc2ccc(-c3cc(F)c(-c4ccc(-c5ccc(F)c(F)c5)c(F)c4)c(F)c3)c(F)c2)cc1. The van der Waals surface area contributed by atoms with Crippen molar-refractivity contribution in [2.24, 2.45) is 0 Å². The minimum absolute atomic E-state index is 0.0174. The largest absolute Gasteiger partial charge is 0.429 e. The van der Waals surface area contributed by atoms with Crippen LogP contribution in [0.2, 0.25) is 0 Å². The highest BCUT2D eigenvalue weighted by molar-refractivity contribution is 5.75. The Morgan fingerprint density at radius 2 is 1.02 bits per heavy atom. The van der Waals surface area contributed by atoms with Crippen LogP contribution in [0.25, 0.3) is 33.4 Å². The van der Waals surface area contributed by atoms with Crippen molar-refractivity contribution >= 4 is 0 Å². The maximum atomic E-state index is 15.1. The lowest BCUT2D eigenvalue weighted by Crippen LogP contribution is -2.21. The van der Waals surface area contributed by atoms with Gasteiger partial charge in [-0.05, 0) is 78.2 Å². The maximum absolute atomic E-state index is 15.1. The van der Waals surface area contributed by atoms with E-state index in [9.17, 15) is 26.3 Å². The molecule has 0 N–H and O–H groups in total. The Morgan fingerprint density at radius 1 is 0.488 bits per heavy atom. The summed E-state index contributed by atoms with van der Waals surface area (Å²) in [6, 6.07) is 15.6. The van der Waals surface area contributed by atoms with Crippen LogP contribution in [0.1, 0.15) is 11.1 Å². The lowest BCUT2D eigenvalue weighted by atomic mass is 9.96. The van der Waals surface area contributed by atoms with Crippen molar-refractivity contribution in [2.45, 2.75) is 13.0 Å². The van der Waals surface area contributed by atoms with Gasteiger partial charge < -0.3 is 4.74 Å². The highest BCUT2D eigenvalue weighted by Gasteiger charge is 2.34. The molecule has 0 aliphatic rings. The van der Waals surface area contributed by atoms with Crippen molar-refractivity contribution in [3.63, 3.8) is 0 Å². The molecule has 0 amide bonds. The second-order valence-corrected chi connectivity index (χ2v) is 9.26. The summed E-state index contributed by atoms with van der Waals surface area (Å²) in [5, 5.41) is 0. The summed E-state index contributed by atoms with van der Waals surface area (Å²) < 4.78 is 120. The van der Waals surface area contributed by atoms with Crippen molar-refractivity contribution in [1.29, 1.82) is 0 Å². The summed E-state index contributed by atoms with van der Waals surface area (Å²) >= 11 is 0. The molecule has 208 valence electrons. The topological polar surface area (TPSA) is 9.23 Å². The maximum Gasteiger partial charge on any atom is 0.426 e. The number of alkyl halides is 2. The second kappa shape index (κ2) is 10.7. The Labute approximate surface area is 229 Å². The van der Waals surface area contributed by atoms with E-state index in [2.05, 4.69) is 0 Å². The van der Waals surface area contributed by atoms with Gasteiger partial charge in [0.05, 0.1) is 11.1 Å². The minimum Gasteiger partial charge on any atom is -0.429 e. The van der Waals surface area contributed by atoms with Crippen LogP contribution in [-0.4, -0.2) is 0 Å². The fourth-order valence-corrected chi connectivity index (χ4v) is 4.32. The first-order valence-corrected chi connectivity index (χ1v) is 12.1. The summed E-state index contributed by atoms with van der Waals surface area (Å²) in [5.41, 5.74) is -1.13. The molecule has 41 heavy (non-hydrogen) atoms. The van der Waals surface area contributed by atoms with E-state index in [1.807, 2.05) is 0 Å². The van der Waals surface area contributed by atoms with Crippen LogP contribution in [-0.2, 0) is 6.11 Å². The minimum atomic E-state index is -3.77. The molecular formula is C32H18F8O. The summed E-state index contributed by atoms with van der Waals surface area (Å²) in [7, 11) is 0. The van der Waals surface area contributed by atoms with E-state index in [4.69, 9.17) is 4.74 Å². The number of ether oxygens (including phenoxy) is 1. The zero-order valence-electron chi connectivity index (χ0n) is 21.1. The molecule has 0 aliphatic heterocycles. The normalized spacial score (nSPS) is 11.5. The van der Waals surface area contributed by atoms with Crippen LogP contribution in [0.3, 0.4) is 0 Å². The second-order valence-electron chi connectivity index (χ2n) is 9.26. The van der Waals surface area contributed by atoms with Crippen LogP contribution >= 0.6 is 0 Å². The van der Waals surface area contributed by atoms with Gasteiger partial charge in [0.1, 0.15) is 29.0 Å². The van der Waals surface area contributed by atoms with E-state index in [1.54, 1.807) is 6.92 Å². The predicted octanol–water partition coefficient (Wildman–Crippen LogP) is 9.96. The molecule has 0 bridgehead atoms. The zero-order chi connectivity index (χ0) is 29.5. The van der Waals surface area contributed by atoms with Gasteiger partial charge in [-0.15, -0.1) is 0 Å². The van der Waals surface area contributed by atoms with E-state index >= 15 is 8.78 Å². The van der Waals surface area contributed by atoms with E-state index in [1.165, 1.54) is 30.3 Å². The molecule has 0 aromatic heterocycles. The Balaban J connectivity index is 1.42. The molecule has 5 aromatic rings. The van der Waals surface area contributed by atoms with Gasteiger partial charge in [-0.3, -0.25) is 0 Å². The molecule has 0 atom stereocenters. The van der Waals surface area contributed by atoms with Gasteiger partial charge in [-0.25, -0.2) is 26.3 Å². The van der Waals surface area contributed by atoms with Crippen molar-refractivity contribution in [3.05, 3.63) is 137 Å². The average Bonchev–Trinajstić information content (AvgIpc) is 2.90. The molecule has 0 unspecified atom stereocenters. The Kier molecular flexibility index (Phi) is 7.29. The fraction of sp³-hybridized carbons (Fsp3) is 0.0625. The van der Waals surface area contributed by atoms with Gasteiger partial charge in [-0.2, -0.15) is 8.78 Å². The molecule has 0 spiro atoms. The molecule has 5 aromatic carbocycles. The standard InChI is InChI=1S/C32H18F8O/c1-17-2-6-21(7-3-17)32(39,40)41-22-8-10-24(27(35)16-22)20-14-29(37)31(30(38)15-20)19-4-9-23(26(34)13-19)18-5-11-25(33)28(36)12-18/h2-16H,1H3. The van der Waals surface area contributed by atoms with E-state index in [0.29, 0.717) is 6.07 Å². The summed E-state index contributed by atoms with van der Waals surface area (Å²) in [4.78, 5) is 0. The van der Waals surface area contributed by atoms with Gasteiger partial charge in [0, 0.05) is 17.2 Å². The Bertz CT molecular complexity index is 1740. The van der Waals surface area contributed by atoms with Crippen molar-refractivity contribution in [2.75, 3.05) is 0 Å². The Morgan fingerprint density at radius 3 is 1.63 bits per heavy atom. The molecule has 0 radical (unpaired) electrons. The molecular weight excluding hydrogens is 552 g/mol. The lowest BCUT2D eigenvalue weighted by Gasteiger charge is -2.19. The molecule has 9 heteroatoms. The summed E-state index contributed by atoms with van der Waals surface area (Å²) in [6.45, 7) is 1.72. The smallest absolute Gasteiger partial charge is 0.426 e. The zero-order valence-corrected chi connectivity index (χ0v) is 21.1. The Hall–Kier alpha value is -4.66. The quantitative estimate of drug-likeness (QED) is 0.185. The van der Waals surface area contributed by atoms with Crippen molar-refractivity contribution in [3.8, 4) is 39.1 Å². The van der Waals surface area contributed by atoms with Gasteiger partial charge in [-0.1, -0.05) is 35.9 Å². The van der Waals surface area contributed by atoms with Gasteiger partial charge in [0.25, 0.3) is 0 Å². The van der Waals surface area contributed by atoms with Crippen LogP contribution in [0.4, 0.5) is 35.1 Å². The number of hydrogen-bond donors (Lipinski definition) is 0. The molecule has 0 saturated heterocycles. The third-order valence-electron chi connectivity index (χ3n) is 6.42. The molecule has 0 heterocycles. The van der Waals surface area contributed by atoms with Crippen LogP contribution in [0.5, 0.6) is 5.75 Å². The number of halogens is 8. The van der Waals surface area contributed by atoms with Crippen molar-refractivity contribution in [1.82, 2.24) is 0 Å².